The minimum atomic E-state index is 0.183. The average Bonchev–Trinajstić information content (AvgIpc) is 3.15. The molecule has 0 radical (unpaired) electrons. The Balaban J connectivity index is 1.71. The number of hydrazone groups is 1. The van der Waals surface area contributed by atoms with Crippen molar-refractivity contribution in [1.82, 2.24) is 0 Å². The fourth-order valence-corrected chi connectivity index (χ4v) is 3.50. The number of ether oxygens (including phenoxy) is 1. The van der Waals surface area contributed by atoms with Crippen molar-refractivity contribution in [2.75, 3.05) is 12.1 Å². The van der Waals surface area contributed by atoms with E-state index < -0.39 is 0 Å². The highest BCUT2D eigenvalue weighted by Gasteiger charge is 2.29. The quantitative estimate of drug-likeness (QED) is 0.545. The molecular formula is C22H19BrN2O. The van der Waals surface area contributed by atoms with Crippen molar-refractivity contribution in [1.29, 1.82) is 0 Å². The first-order chi connectivity index (χ1) is 12.7. The maximum Gasteiger partial charge on any atom is 0.118 e. The Morgan fingerprint density at radius 1 is 0.923 bits per heavy atom. The van der Waals surface area contributed by atoms with Crippen molar-refractivity contribution in [3.8, 4) is 5.75 Å². The third kappa shape index (κ3) is 3.37. The van der Waals surface area contributed by atoms with Crippen LogP contribution in [0.5, 0.6) is 5.75 Å². The second-order valence-corrected chi connectivity index (χ2v) is 7.14. The molecule has 130 valence electrons. The molecule has 4 heteroatoms. The summed E-state index contributed by atoms with van der Waals surface area (Å²) in [4.78, 5) is 0. The SMILES string of the molecule is COc1ccc(C2=NN(c3ccccc3)C(c3ccc(Br)cc3)C2)cc1. The van der Waals surface area contributed by atoms with Gasteiger partial charge in [0.15, 0.2) is 0 Å². The Kier molecular flexibility index (Phi) is 4.76. The maximum atomic E-state index is 5.27. The smallest absolute Gasteiger partial charge is 0.118 e. The van der Waals surface area contributed by atoms with E-state index in [-0.39, 0.29) is 6.04 Å². The van der Waals surface area contributed by atoms with E-state index in [1.807, 2.05) is 18.2 Å². The summed E-state index contributed by atoms with van der Waals surface area (Å²) in [6.45, 7) is 0. The molecule has 1 aliphatic heterocycles. The van der Waals surface area contributed by atoms with E-state index in [1.54, 1.807) is 7.11 Å². The Morgan fingerprint density at radius 2 is 1.62 bits per heavy atom. The zero-order valence-electron chi connectivity index (χ0n) is 14.5. The number of rotatable bonds is 4. The Bertz CT molecular complexity index is 905. The number of benzene rings is 3. The topological polar surface area (TPSA) is 24.8 Å². The van der Waals surface area contributed by atoms with E-state index >= 15 is 0 Å². The molecule has 26 heavy (non-hydrogen) atoms. The molecule has 0 bridgehead atoms. The lowest BCUT2D eigenvalue weighted by Crippen LogP contribution is -2.18. The molecule has 4 rings (SSSR count). The predicted molar refractivity (Wildman–Crippen MR) is 110 cm³/mol. The molecule has 0 N–H and O–H groups in total. The molecule has 0 saturated heterocycles. The fraction of sp³-hybridized carbons (Fsp3) is 0.136. The zero-order valence-corrected chi connectivity index (χ0v) is 16.1. The number of nitrogens with zero attached hydrogens (tertiary/aromatic N) is 2. The van der Waals surface area contributed by atoms with E-state index in [2.05, 4.69) is 81.6 Å². The first-order valence-corrected chi connectivity index (χ1v) is 9.35. The Morgan fingerprint density at radius 3 is 2.27 bits per heavy atom. The van der Waals surface area contributed by atoms with Crippen LogP contribution in [0, 0.1) is 0 Å². The van der Waals surface area contributed by atoms with Gasteiger partial charge in [-0.25, -0.2) is 0 Å². The van der Waals surface area contributed by atoms with Crippen LogP contribution >= 0.6 is 15.9 Å². The number of halogens is 1. The zero-order chi connectivity index (χ0) is 17.9. The highest BCUT2D eigenvalue weighted by Crippen LogP contribution is 2.37. The standard InChI is InChI=1S/C22H19BrN2O/c1-26-20-13-9-16(10-14-20)21-15-22(17-7-11-18(23)12-8-17)25(24-21)19-5-3-2-4-6-19/h2-14,22H,15H2,1H3. The molecule has 0 spiro atoms. The molecule has 3 aromatic rings. The van der Waals surface area contributed by atoms with Crippen LogP contribution in [0.15, 0.2) is 88.4 Å². The van der Waals surface area contributed by atoms with Crippen LogP contribution in [0.3, 0.4) is 0 Å². The minimum Gasteiger partial charge on any atom is -0.497 e. The lowest BCUT2D eigenvalue weighted by Gasteiger charge is -2.24. The molecule has 0 aliphatic carbocycles. The second kappa shape index (κ2) is 7.34. The summed E-state index contributed by atoms with van der Waals surface area (Å²) in [6.07, 6.45) is 0.864. The van der Waals surface area contributed by atoms with Crippen LogP contribution in [0.25, 0.3) is 0 Å². The number of hydrogen-bond donors (Lipinski definition) is 0. The largest absolute Gasteiger partial charge is 0.497 e. The Labute approximate surface area is 162 Å². The van der Waals surface area contributed by atoms with Gasteiger partial charge in [-0.15, -0.1) is 0 Å². The summed E-state index contributed by atoms with van der Waals surface area (Å²) >= 11 is 3.52. The molecule has 0 fully saturated rings. The summed E-state index contributed by atoms with van der Waals surface area (Å²) in [6, 6.07) is 27.1. The summed E-state index contributed by atoms with van der Waals surface area (Å²) in [5.41, 5.74) is 4.57. The van der Waals surface area contributed by atoms with Crippen LogP contribution in [0.1, 0.15) is 23.6 Å². The monoisotopic (exact) mass is 406 g/mol. The van der Waals surface area contributed by atoms with Crippen LogP contribution in [0.4, 0.5) is 5.69 Å². The van der Waals surface area contributed by atoms with Crippen LogP contribution in [-0.4, -0.2) is 12.8 Å². The number of para-hydroxylation sites is 1. The first kappa shape index (κ1) is 16.9. The van der Waals surface area contributed by atoms with E-state index in [4.69, 9.17) is 9.84 Å². The fourth-order valence-electron chi connectivity index (χ4n) is 3.23. The van der Waals surface area contributed by atoms with Gasteiger partial charge in [-0.2, -0.15) is 5.10 Å². The summed E-state index contributed by atoms with van der Waals surface area (Å²) in [5, 5.41) is 7.09. The molecule has 1 aliphatic rings. The van der Waals surface area contributed by atoms with Crippen molar-refractivity contribution < 1.29 is 4.74 Å². The molecule has 3 nitrogen and oxygen atoms in total. The maximum absolute atomic E-state index is 5.27. The highest BCUT2D eigenvalue weighted by molar-refractivity contribution is 9.10. The summed E-state index contributed by atoms with van der Waals surface area (Å²) in [7, 11) is 1.68. The van der Waals surface area contributed by atoms with E-state index in [0.717, 1.165) is 33.6 Å². The van der Waals surface area contributed by atoms with Crippen molar-refractivity contribution in [2.24, 2.45) is 5.10 Å². The van der Waals surface area contributed by atoms with Gasteiger partial charge in [0.1, 0.15) is 5.75 Å². The normalized spacial score (nSPS) is 16.5. The van der Waals surface area contributed by atoms with Crippen LogP contribution in [0.2, 0.25) is 0 Å². The van der Waals surface area contributed by atoms with E-state index in [9.17, 15) is 0 Å². The van der Waals surface area contributed by atoms with E-state index in [0.29, 0.717) is 0 Å². The van der Waals surface area contributed by atoms with E-state index in [1.165, 1.54) is 5.56 Å². The Hall–Kier alpha value is -2.59. The first-order valence-electron chi connectivity index (χ1n) is 8.56. The molecule has 1 unspecified atom stereocenters. The van der Waals surface area contributed by atoms with Gasteiger partial charge in [0.25, 0.3) is 0 Å². The van der Waals surface area contributed by atoms with Crippen molar-refractivity contribution >= 4 is 27.3 Å². The summed E-state index contributed by atoms with van der Waals surface area (Å²) < 4.78 is 6.35. The van der Waals surface area contributed by atoms with Gasteiger partial charge in [0.2, 0.25) is 0 Å². The van der Waals surface area contributed by atoms with Gasteiger partial charge in [-0.05, 0) is 59.7 Å². The average molecular weight is 407 g/mol. The predicted octanol–water partition coefficient (Wildman–Crippen LogP) is 5.81. The highest BCUT2D eigenvalue weighted by atomic mass is 79.9. The third-order valence-electron chi connectivity index (χ3n) is 4.61. The number of hydrogen-bond acceptors (Lipinski definition) is 3. The molecule has 1 heterocycles. The van der Waals surface area contributed by atoms with Crippen LogP contribution < -0.4 is 9.75 Å². The molecule has 1 atom stereocenters. The lowest BCUT2D eigenvalue weighted by molar-refractivity contribution is 0.415. The van der Waals surface area contributed by atoms with Gasteiger partial charge in [0.05, 0.1) is 24.6 Å². The van der Waals surface area contributed by atoms with Crippen molar-refractivity contribution in [2.45, 2.75) is 12.5 Å². The van der Waals surface area contributed by atoms with Gasteiger partial charge < -0.3 is 4.74 Å². The van der Waals surface area contributed by atoms with Crippen molar-refractivity contribution in [3.05, 3.63) is 94.5 Å². The third-order valence-corrected chi connectivity index (χ3v) is 5.14. The van der Waals surface area contributed by atoms with Gasteiger partial charge in [0, 0.05) is 10.9 Å². The molecule has 0 amide bonds. The van der Waals surface area contributed by atoms with Gasteiger partial charge in [-0.3, -0.25) is 5.01 Å². The molecule has 3 aromatic carbocycles. The minimum absolute atomic E-state index is 0.183. The number of methoxy groups -OCH3 is 1. The molecule has 0 saturated carbocycles. The summed E-state index contributed by atoms with van der Waals surface area (Å²) in [5.74, 6) is 0.858. The molecule has 0 aromatic heterocycles. The molecular weight excluding hydrogens is 388 g/mol. The lowest BCUT2D eigenvalue weighted by atomic mass is 9.98. The van der Waals surface area contributed by atoms with Crippen molar-refractivity contribution in [3.63, 3.8) is 0 Å². The van der Waals surface area contributed by atoms with Gasteiger partial charge >= 0.3 is 0 Å². The van der Waals surface area contributed by atoms with Gasteiger partial charge in [-0.1, -0.05) is 46.3 Å². The second-order valence-electron chi connectivity index (χ2n) is 6.23. The van der Waals surface area contributed by atoms with Crippen LogP contribution in [-0.2, 0) is 0 Å². The number of anilines is 1.